The largest absolute Gasteiger partial charge is 0.353 e. The molecule has 148 valence electrons. The van der Waals surface area contributed by atoms with E-state index in [9.17, 15) is 9.59 Å². The lowest BCUT2D eigenvalue weighted by molar-refractivity contribution is 0.0746. The van der Waals surface area contributed by atoms with Crippen LogP contribution in [0.4, 0.5) is 5.82 Å². The number of anilines is 1. The molecule has 29 heavy (non-hydrogen) atoms. The maximum absolute atomic E-state index is 12.8. The standard InChI is InChI=1S/C21H22N6O2/c1-15(28)17-3-5-18(6-4-17)21(29)26-11-9-25(10-12-26)19-13-20(24-14-23-19)27-8-7-22-16(27)2/h3-8,13-14H,9-12H2,1-2H3. The van der Waals surface area contributed by atoms with Crippen molar-refractivity contribution in [3.63, 3.8) is 0 Å². The zero-order valence-electron chi connectivity index (χ0n) is 16.4. The van der Waals surface area contributed by atoms with Crippen LogP contribution in [-0.2, 0) is 0 Å². The molecule has 1 aliphatic rings. The second-order valence-electron chi connectivity index (χ2n) is 6.99. The summed E-state index contributed by atoms with van der Waals surface area (Å²) in [5.41, 5.74) is 1.21. The van der Waals surface area contributed by atoms with E-state index in [2.05, 4.69) is 19.9 Å². The Bertz CT molecular complexity index is 1040. The van der Waals surface area contributed by atoms with Gasteiger partial charge in [0.1, 0.15) is 23.8 Å². The van der Waals surface area contributed by atoms with E-state index in [0.717, 1.165) is 17.5 Å². The summed E-state index contributed by atoms with van der Waals surface area (Å²) in [7, 11) is 0. The molecule has 0 atom stereocenters. The van der Waals surface area contributed by atoms with E-state index in [1.54, 1.807) is 36.8 Å². The highest BCUT2D eigenvalue weighted by Gasteiger charge is 2.23. The zero-order valence-corrected chi connectivity index (χ0v) is 16.4. The molecule has 1 amide bonds. The number of imidazole rings is 1. The molecule has 3 aromatic rings. The van der Waals surface area contributed by atoms with Gasteiger partial charge in [0.15, 0.2) is 5.78 Å². The Kier molecular flexibility index (Phi) is 5.07. The number of aromatic nitrogens is 4. The minimum Gasteiger partial charge on any atom is -0.353 e. The summed E-state index contributed by atoms with van der Waals surface area (Å²) >= 11 is 0. The number of nitrogens with zero attached hydrogens (tertiary/aromatic N) is 6. The van der Waals surface area contributed by atoms with E-state index in [-0.39, 0.29) is 11.7 Å². The fourth-order valence-electron chi connectivity index (χ4n) is 3.43. The SMILES string of the molecule is CC(=O)c1ccc(C(=O)N2CCN(c3cc(-n4ccnc4C)ncn3)CC2)cc1. The first-order chi connectivity index (χ1) is 14.0. The van der Waals surface area contributed by atoms with Gasteiger partial charge in [-0.25, -0.2) is 15.0 Å². The van der Waals surface area contributed by atoms with Crippen molar-refractivity contribution in [1.29, 1.82) is 0 Å². The Hall–Kier alpha value is -3.55. The number of hydrogen-bond acceptors (Lipinski definition) is 6. The van der Waals surface area contributed by atoms with Crippen LogP contribution in [0, 0.1) is 6.92 Å². The molecule has 0 spiro atoms. The molecule has 1 fully saturated rings. The van der Waals surface area contributed by atoms with Gasteiger partial charge in [0, 0.05) is 55.8 Å². The van der Waals surface area contributed by atoms with Crippen LogP contribution in [0.15, 0.2) is 49.1 Å². The van der Waals surface area contributed by atoms with E-state index in [1.165, 1.54) is 6.92 Å². The summed E-state index contributed by atoms with van der Waals surface area (Å²) in [6.07, 6.45) is 5.16. The number of ketones is 1. The van der Waals surface area contributed by atoms with Gasteiger partial charge in [-0.3, -0.25) is 14.2 Å². The van der Waals surface area contributed by atoms with E-state index in [1.807, 2.05) is 28.7 Å². The van der Waals surface area contributed by atoms with Crippen molar-refractivity contribution < 1.29 is 9.59 Å². The van der Waals surface area contributed by atoms with Crippen LogP contribution in [0.1, 0.15) is 33.5 Å². The summed E-state index contributed by atoms with van der Waals surface area (Å²) in [6, 6.07) is 8.77. The first-order valence-corrected chi connectivity index (χ1v) is 9.50. The fraction of sp³-hybridized carbons (Fsp3) is 0.286. The Morgan fingerprint density at radius 1 is 0.897 bits per heavy atom. The summed E-state index contributed by atoms with van der Waals surface area (Å²) in [5, 5.41) is 0. The van der Waals surface area contributed by atoms with Crippen molar-refractivity contribution in [3.8, 4) is 5.82 Å². The van der Waals surface area contributed by atoms with E-state index < -0.39 is 0 Å². The number of aryl methyl sites for hydroxylation is 1. The summed E-state index contributed by atoms with van der Waals surface area (Å²) in [6.45, 7) is 6.04. The van der Waals surface area contributed by atoms with Gasteiger partial charge in [0.05, 0.1) is 0 Å². The van der Waals surface area contributed by atoms with Crippen LogP contribution < -0.4 is 4.90 Å². The van der Waals surface area contributed by atoms with Gasteiger partial charge in [-0.2, -0.15) is 0 Å². The van der Waals surface area contributed by atoms with Crippen molar-refractivity contribution in [3.05, 3.63) is 66.0 Å². The minimum absolute atomic E-state index is 0.00674. The quantitative estimate of drug-likeness (QED) is 0.635. The number of amides is 1. The summed E-state index contributed by atoms with van der Waals surface area (Å²) < 4.78 is 1.91. The van der Waals surface area contributed by atoms with Gasteiger partial charge in [-0.05, 0) is 26.0 Å². The highest BCUT2D eigenvalue weighted by Crippen LogP contribution is 2.18. The van der Waals surface area contributed by atoms with Gasteiger partial charge < -0.3 is 9.80 Å². The normalized spacial score (nSPS) is 14.1. The van der Waals surface area contributed by atoms with Crippen molar-refractivity contribution in [1.82, 2.24) is 24.4 Å². The molecule has 1 aromatic carbocycles. The smallest absolute Gasteiger partial charge is 0.253 e. The first kappa shape index (κ1) is 18.8. The van der Waals surface area contributed by atoms with Crippen molar-refractivity contribution in [2.24, 2.45) is 0 Å². The molecule has 0 bridgehead atoms. The first-order valence-electron chi connectivity index (χ1n) is 9.50. The predicted octanol–water partition coefficient (Wildman–Crippen LogP) is 2.14. The van der Waals surface area contributed by atoms with Crippen LogP contribution in [0.5, 0.6) is 0 Å². The van der Waals surface area contributed by atoms with Crippen LogP contribution >= 0.6 is 0 Å². The molecule has 4 rings (SSSR count). The van der Waals surface area contributed by atoms with Crippen molar-refractivity contribution >= 4 is 17.5 Å². The third kappa shape index (κ3) is 3.87. The molecular formula is C21H22N6O2. The molecule has 0 saturated carbocycles. The molecule has 3 heterocycles. The van der Waals surface area contributed by atoms with Gasteiger partial charge in [0.2, 0.25) is 0 Å². The lowest BCUT2D eigenvalue weighted by atomic mass is 10.1. The van der Waals surface area contributed by atoms with Crippen molar-refractivity contribution in [2.75, 3.05) is 31.1 Å². The third-order valence-electron chi connectivity index (χ3n) is 5.14. The predicted molar refractivity (Wildman–Crippen MR) is 108 cm³/mol. The average molecular weight is 390 g/mol. The molecular weight excluding hydrogens is 368 g/mol. The molecule has 8 nitrogen and oxygen atoms in total. The van der Waals surface area contributed by atoms with Gasteiger partial charge >= 0.3 is 0 Å². The Morgan fingerprint density at radius 3 is 2.17 bits per heavy atom. The molecule has 0 N–H and O–H groups in total. The number of benzene rings is 1. The molecule has 0 unspecified atom stereocenters. The highest BCUT2D eigenvalue weighted by atomic mass is 16.2. The van der Waals surface area contributed by atoms with Gasteiger partial charge in [0.25, 0.3) is 5.91 Å². The maximum atomic E-state index is 12.8. The van der Waals surface area contributed by atoms with Crippen molar-refractivity contribution in [2.45, 2.75) is 13.8 Å². The molecule has 1 saturated heterocycles. The third-order valence-corrected chi connectivity index (χ3v) is 5.14. The minimum atomic E-state index is -0.0165. The number of rotatable bonds is 4. The Balaban J connectivity index is 1.42. The number of carbonyl (C=O) groups excluding carboxylic acids is 2. The maximum Gasteiger partial charge on any atom is 0.253 e. The Morgan fingerprint density at radius 2 is 1.55 bits per heavy atom. The van der Waals surface area contributed by atoms with E-state index in [0.29, 0.717) is 37.3 Å². The highest BCUT2D eigenvalue weighted by molar-refractivity contribution is 5.97. The van der Waals surface area contributed by atoms with Crippen LogP contribution in [0.3, 0.4) is 0 Å². The van der Waals surface area contributed by atoms with Crippen LogP contribution in [-0.4, -0.2) is 62.3 Å². The average Bonchev–Trinajstić information content (AvgIpc) is 3.19. The summed E-state index contributed by atoms with van der Waals surface area (Å²) in [4.78, 5) is 41.1. The van der Waals surface area contributed by atoms with E-state index in [4.69, 9.17) is 0 Å². The molecule has 2 aromatic heterocycles. The molecule has 1 aliphatic heterocycles. The van der Waals surface area contributed by atoms with Crippen LogP contribution in [0.2, 0.25) is 0 Å². The lowest BCUT2D eigenvalue weighted by Gasteiger charge is -2.35. The Labute approximate surface area is 168 Å². The number of Topliss-reactive ketones (excluding diaryl/α,β-unsaturated/α-hetero) is 1. The fourth-order valence-corrected chi connectivity index (χ4v) is 3.43. The molecule has 0 radical (unpaired) electrons. The molecule has 8 heteroatoms. The van der Waals surface area contributed by atoms with Gasteiger partial charge in [-0.15, -0.1) is 0 Å². The second-order valence-corrected chi connectivity index (χ2v) is 6.99. The number of carbonyl (C=O) groups is 2. The second kappa shape index (κ2) is 7.83. The number of piperazine rings is 1. The topological polar surface area (TPSA) is 84.2 Å². The van der Waals surface area contributed by atoms with E-state index >= 15 is 0 Å². The molecule has 0 aliphatic carbocycles. The number of hydrogen-bond donors (Lipinski definition) is 0. The lowest BCUT2D eigenvalue weighted by Crippen LogP contribution is -2.49. The van der Waals surface area contributed by atoms with Crippen LogP contribution in [0.25, 0.3) is 5.82 Å². The van der Waals surface area contributed by atoms with Gasteiger partial charge in [-0.1, -0.05) is 12.1 Å². The summed E-state index contributed by atoms with van der Waals surface area (Å²) in [5.74, 6) is 2.45. The zero-order chi connectivity index (χ0) is 20.4. The monoisotopic (exact) mass is 390 g/mol.